The van der Waals surface area contributed by atoms with Crippen molar-refractivity contribution in [3.63, 3.8) is 0 Å². The van der Waals surface area contributed by atoms with Crippen molar-refractivity contribution < 1.29 is 30.3 Å². The predicted molar refractivity (Wildman–Crippen MR) is 100 cm³/mol. The van der Waals surface area contributed by atoms with E-state index in [2.05, 4.69) is 4.90 Å². The van der Waals surface area contributed by atoms with E-state index >= 15 is 0 Å². The molecule has 3 rings (SSSR count). The third-order valence-electron chi connectivity index (χ3n) is 4.68. The molecule has 0 bridgehead atoms. The summed E-state index contributed by atoms with van der Waals surface area (Å²) < 4.78 is 38.8. The molecule has 2 aromatic rings. The molecular formula is C19H24ClN2O4S-. The van der Waals surface area contributed by atoms with Crippen LogP contribution >= 0.6 is 0 Å². The Balaban J connectivity index is 0.00000261. The van der Waals surface area contributed by atoms with E-state index in [1.165, 1.54) is 20.3 Å². The van der Waals surface area contributed by atoms with Crippen molar-refractivity contribution in [2.75, 3.05) is 40.9 Å². The average molecular weight is 412 g/mol. The van der Waals surface area contributed by atoms with E-state index in [1.54, 1.807) is 16.4 Å². The lowest BCUT2D eigenvalue weighted by atomic mass is 10.1. The minimum atomic E-state index is -3.67. The molecule has 0 aromatic heterocycles. The van der Waals surface area contributed by atoms with Crippen molar-refractivity contribution in [1.82, 2.24) is 9.21 Å². The summed E-state index contributed by atoms with van der Waals surface area (Å²) in [6, 6.07) is 14.2. The zero-order valence-electron chi connectivity index (χ0n) is 15.6. The Morgan fingerprint density at radius 1 is 0.963 bits per heavy atom. The molecule has 1 aliphatic rings. The van der Waals surface area contributed by atoms with Gasteiger partial charge in [-0.25, -0.2) is 8.42 Å². The van der Waals surface area contributed by atoms with Crippen LogP contribution in [0.3, 0.4) is 0 Å². The molecule has 1 saturated heterocycles. The molecule has 27 heavy (non-hydrogen) atoms. The van der Waals surface area contributed by atoms with Crippen molar-refractivity contribution in [1.29, 1.82) is 0 Å². The first-order valence-electron chi connectivity index (χ1n) is 8.44. The van der Waals surface area contributed by atoms with Crippen LogP contribution < -0.4 is 21.9 Å². The van der Waals surface area contributed by atoms with Gasteiger partial charge in [0.15, 0.2) is 11.5 Å². The van der Waals surface area contributed by atoms with Gasteiger partial charge >= 0.3 is 0 Å². The van der Waals surface area contributed by atoms with E-state index in [0.29, 0.717) is 31.1 Å². The van der Waals surface area contributed by atoms with Crippen molar-refractivity contribution in [3.05, 3.63) is 54.1 Å². The summed E-state index contributed by atoms with van der Waals surface area (Å²) in [6.45, 7) is 1.78. The van der Waals surface area contributed by atoms with Crippen LogP contribution in [0.25, 0.3) is 0 Å². The van der Waals surface area contributed by atoms with Crippen LogP contribution in [0.5, 0.6) is 11.5 Å². The smallest absolute Gasteiger partial charge is 0.243 e. The molecule has 0 spiro atoms. The summed E-state index contributed by atoms with van der Waals surface area (Å²) in [6.07, 6.45) is 0. The fourth-order valence-electron chi connectivity index (χ4n) is 3.25. The highest BCUT2D eigenvalue weighted by Crippen LogP contribution is 2.34. The highest BCUT2D eigenvalue weighted by Gasteiger charge is 2.36. The number of nitrogens with zero attached hydrogens (tertiary/aromatic N) is 2. The Kier molecular flexibility index (Phi) is 7.11. The Hall–Kier alpha value is -1.80. The number of piperazine rings is 1. The molecule has 2 aromatic carbocycles. The quantitative estimate of drug-likeness (QED) is 0.656. The zero-order valence-corrected chi connectivity index (χ0v) is 17.2. The fraction of sp³-hybridized carbons (Fsp3) is 0.368. The molecule has 0 saturated carbocycles. The summed E-state index contributed by atoms with van der Waals surface area (Å²) >= 11 is 0. The van der Waals surface area contributed by atoms with Crippen LogP contribution in [-0.4, -0.2) is 58.5 Å². The molecule has 1 heterocycles. The van der Waals surface area contributed by atoms with Crippen LogP contribution in [-0.2, 0) is 10.0 Å². The minimum Gasteiger partial charge on any atom is -1.00 e. The van der Waals surface area contributed by atoms with Crippen LogP contribution in [0.4, 0.5) is 0 Å². The van der Waals surface area contributed by atoms with Crippen molar-refractivity contribution in [2.45, 2.75) is 10.9 Å². The van der Waals surface area contributed by atoms with Gasteiger partial charge in [0.05, 0.1) is 25.2 Å². The molecule has 0 N–H and O–H groups in total. The van der Waals surface area contributed by atoms with Gasteiger partial charge in [0.1, 0.15) is 0 Å². The second-order valence-corrected chi connectivity index (χ2v) is 8.21. The molecular weight excluding hydrogens is 388 g/mol. The third kappa shape index (κ3) is 4.38. The number of methoxy groups -OCH3 is 2. The van der Waals surface area contributed by atoms with E-state index < -0.39 is 10.0 Å². The Morgan fingerprint density at radius 3 is 2.26 bits per heavy atom. The van der Waals surface area contributed by atoms with E-state index in [0.717, 1.165) is 5.56 Å². The molecule has 1 unspecified atom stereocenters. The SMILES string of the molecule is COc1ccc(S(=O)(=O)N2CCN(C)CC2c2ccccc2)cc1OC.[Cl-]. The summed E-state index contributed by atoms with van der Waals surface area (Å²) in [7, 11) is 1.36. The number of hydrogen-bond acceptors (Lipinski definition) is 5. The molecule has 6 nitrogen and oxygen atoms in total. The van der Waals surface area contributed by atoms with E-state index in [-0.39, 0.29) is 23.3 Å². The second kappa shape index (κ2) is 8.93. The normalized spacial score (nSPS) is 18.6. The zero-order chi connectivity index (χ0) is 18.7. The Bertz CT molecular complexity index is 861. The molecule has 1 aliphatic heterocycles. The van der Waals surface area contributed by atoms with Gasteiger partial charge < -0.3 is 26.8 Å². The number of likely N-dealkylation sites (N-methyl/N-ethyl adjacent to an activating group) is 1. The van der Waals surface area contributed by atoms with Gasteiger partial charge in [0.25, 0.3) is 0 Å². The number of benzene rings is 2. The standard InChI is InChI=1S/C19H24N2O4S.ClH/c1-20-11-12-21(17(14-20)15-7-5-4-6-8-15)26(22,23)16-9-10-18(24-2)19(13-16)25-3;/h4-10,13,17H,11-12,14H2,1-3H3;1H/p-1. The summed E-state index contributed by atoms with van der Waals surface area (Å²) in [5, 5.41) is 0. The fourth-order valence-corrected chi connectivity index (χ4v) is 4.86. The number of sulfonamides is 1. The Morgan fingerprint density at radius 2 is 1.63 bits per heavy atom. The van der Waals surface area contributed by atoms with Gasteiger partial charge in [-0.15, -0.1) is 0 Å². The van der Waals surface area contributed by atoms with Gasteiger partial charge in [-0.3, -0.25) is 0 Å². The number of rotatable bonds is 5. The largest absolute Gasteiger partial charge is 1.00 e. The summed E-state index contributed by atoms with van der Waals surface area (Å²) in [4.78, 5) is 2.36. The maximum Gasteiger partial charge on any atom is 0.243 e. The lowest BCUT2D eigenvalue weighted by molar-refractivity contribution is -0.00000868. The maximum atomic E-state index is 13.4. The average Bonchev–Trinajstić information content (AvgIpc) is 2.67. The van der Waals surface area contributed by atoms with E-state index in [4.69, 9.17) is 9.47 Å². The maximum absolute atomic E-state index is 13.4. The Labute approximate surface area is 167 Å². The van der Waals surface area contributed by atoms with Crippen molar-refractivity contribution in [3.8, 4) is 11.5 Å². The molecule has 0 radical (unpaired) electrons. The molecule has 1 fully saturated rings. The monoisotopic (exact) mass is 411 g/mol. The summed E-state index contributed by atoms with van der Waals surface area (Å²) in [5.74, 6) is 0.906. The van der Waals surface area contributed by atoms with Crippen LogP contribution in [0, 0.1) is 0 Å². The van der Waals surface area contributed by atoms with Crippen molar-refractivity contribution >= 4 is 10.0 Å². The summed E-state index contributed by atoms with van der Waals surface area (Å²) in [5.41, 5.74) is 0.989. The number of halogens is 1. The number of ether oxygens (including phenoxy) is 2. The highest BCUT2D eigenvalue weighted by atomic mass is 35.5. The van der Waals surface area contributed by atoms with Crippen LogP contribution in [0.1, 0.15) is 11.6 Å². The minimum absolute atomic E-state index is 0. The first-order valence-corrected chi connectivity index (χ1v) is 9.88. The van der Waals surface area contributed by atoms with Gasteiger partial charge in [-0.1, -0.05) is 30.3 Å². The van der Waals surface area contributed by atoms with Crippen molar-refractivity contribution in [2.24, 2.45) is 0 Å². The third-order valence-corrected chi connectivity index (χ3v) is 6.58. The molecule has 1 atom stereocenters. The molecule has 0 amide bonds. The topological polar surface area (TPSA) is 59.1 Å². The molecule has 8 heteroatoms. The molecule has 148 valence electrons. The first-order chi connectivity index (χ1) is 12.5. The van der Waals surface area contributed by atoms with E-state index in [1.807, 2.05) is 37.4 Å². The lowest BCUT2D eigenvalue weighted by Crippen LogP contribution is -3.00. The highest BCUT2D eigenvalue weighted by molar-refractivity contribution is 7.89. The van der Waals surface area contributed by atoms with Gasteiger partial charge in [-0.05, 0) is 24.7 Å². The lowest BCUT2D eigenvalue weighted by Gasteiger charge is -2.39. The van der Waals surface area contributed by atoms with Crippen LogP contribution in [0.15, 0.2) is 53.4 Å². The van der Waals surface area contributed by atoms with Gasteiger partial charge in [0.2, 0.25) is 10.0 Å². The molecule has 0 aliphatic carbocycles. The second-order valence-electron chi connectivity index (χ2n) is 6.32. The van der Waals surface area contributed by atoms with Crippen LogP contribution in [0.2, 0.25) is 0 Å². The number of hydrogen-bond donors (Lipinski definition) is 0. The van der Waals surface area contributed by atoms with Gasteiger partial charge in [-0.2, -0.15) is 4.31 Å². The van der Waals surface area contributed by atoms with Gasteiger partial charge in [0, 0.05) is 25.7 Å². The first kappa shape index (κ1) is 21.5. The van der Waals surface area contributed by atoms with E-state index in [9.17, 15) is 8.42 Å². The predicted octanol–water partition coefficient (Wildman–Crippen LogP) is -0.615.